The second-order valence-corrected chi connectivity index (χ2v) is 7.23. The molecule has 1 fully saturated rings. The van der Waals surface area contributed by atoms with Gasteiger partial charge >= 0.3 is 0 Å². The smallest absolute Gasteiger partial charge is 0.272 e. The molecule has 1 unspecified atom stereocenters. The highest BCUT2D eigenvalue weighted by Gasteiger charge is 2.48. The summed E-state index contributed by atoms with van der Waals surface area (Å²) in [5, 5.41) is 10.6. The molecule has 3 rings (SSSR count). The van der Waals surface area contributed by atoms with E-state index in [9.17, 15) is 13.6 Å². The number of nitrogens with one attached hydrogen (secondary N) is 1. The van der Waals surface area contributed by atoms with Gasteiger partial charge in [0.05, 0.1) is 6.54 Å². The number of rotatable bonds is 8. The lowest BCUT2D eigenvalue weighted by molar-refractivity contribution is -0.151. The Labute approximate surface area is 158 Å². The molecule has 2 heterocycles. The van der Waals surface area contributed by atoms with Gasteiger partial charge in [0.2, 0.25) is 5.91 Å². The van der Waals surface area contributed by atoms with Gasteiger partial charge < -0.3 is 5.32 Å². The zero-order chi connectivity index (χ0) is 19.3. The first kappa shape index (κ1) is 19.4. The summed E-state index contributed by atoms with van der Waals surface area (Å²) in [5.74, 6) is -2.40. The molecule has 0 radical (unpaired) electrons. The predicted molar refractivity (Wildman–Crippen MR) is 98.1 cm³/mol. The van der Waals surface area contributed by atoms with Crippen molar-refractivity contribution in [2.24, 2.45) is 16.1 Å². The Hall–Kier alpha value is -2.33. The van der Waals surface area contributed by atoms with Crippen LogP contribution in [0.5, 0.6) is 0 Å². The number of benzene rings is 1. The number of hydrogen-bond donors (Lipinski definition) is 1. The van der Waals surface area contributed by atoms with Crippen LogP contribution in [0.2, 0.25) is 0 Å². The molecule has 1 saturated heterocycles. The van der Waals surface area contributed by atoms with Gasteiger partial charge in [0, 0.05) is 32.4 Å². The Kier molecular flexibility index (Phi) is 5.85. The van der Waals surface area contributed by atoms with Gasteiger partial charge in [-0.1, -0.05) is 30.3 Å². The number of halogens is 2. The maximum atomic E-state index is 14.6. The number of alkyl halides is 2. The lowest BCUT2D eigenvalue weighted by Crippen LogP contribution is -2.53. The molecule has 1 aromatic carbocycles. The molecule has 0 aromatic heterocycles. The van der Waals surface area contributed by atoms with Crippen molar-refractivity contribution in [2.45, 2.75) is 43.8 Å². The lowest BCUT2D eigenvalue weighted by Gasteiger charge is -2.37. The summed E-state index contributed by atoms with van der Waals surface area (Å²) < 4.78 is 29.1. The van der Waals surface area contributed by atoms with Gasteiger partial charge in [-0.15, -0.1) is 12.3 Å². The van der Waals surface area contributed by atoms with Crippen LogP contribution in [0, 0.1) is 18.3 Å². The Morgan fingerprint density at radius 1 is 1.30 bits per heavy atom. The molecular weight excluding hydrogens is 350 g/mol. The summed E-state index contributed by atoms with van der Waals surface area (Å²) in [6.45, 7) is 0.804. The molecular formula is C20H24F2N4O. The highest BCUT2D eigenvalue weighted by molar-refractivity contribution is 5.79. The number of amides is 1. The third-order valence-corrected chi connectivity index (χ3v) is 5.12. The normalized spacial score (nSPS) is 22.8. The van der Waals surface area contributed by atoms with Gasteiger partial charge in [0.15, 0.2) is 5.66 Å². The maximum absolute atomic E-state index is 14.6. The molecule has 2 aliphatic heterocycles. The molecule has 1 atom stereocenters. The van der Waals surface area contributed by atoms with E-state index in [-0.39, 0.29) is 13.0 Å². The fourth-order valence-electron chi connectivity index (χ4n) is 3.49. The van der Waals surface area contributed by atoms with Crippen molar-refractivity contribution < 1.29 is 13.6 Å². The van der Waals surface area contributed by atoms with Crippen molar-refractivity contribution in [1.82, 2.24) is 10.2 Å². The standard InChI is InChI=1S/C20H24F2N4O/c1-2-3-10-19(24-25-19)11-12-23-18(27)17-9-13-26(15-20(17,21)22)14-16-7-5-4-6-8-16/h1,4-8,17H,3,9-15H2,(H,23,27). The van der Waals surface area contributed by atoms with Gasteiger partial charge in [-0.3, -0.25) is 9.69 Å². The highest BCUT2D eigenvalue weighted by atomic mass is 19.3. The topological polar surface area (TPSA) is 57.1 Å². The summed E-state index contributed by atoms with van der Waals surface area (Å²) in [4.78, 5) is 14.0. The molecule has 27 heavy (non-hydrogen) atoms. The third-order valence-electron chi connectivity index (χ3n) is 5.12. The van der Waals surface area contributed by atoms with E-state index in [0.717, 1.165) is 5.56 Å². The van der Waals surface area contributed by atoms with Crippen LogP contribution in [0.1, 0.15) is 31.2 Å². The number of likely N-dealkylation sites (tertiary alicyclic amines) is 1. The van der Waals surface area contributed by atoms with Crippen molar-refractivity contribution >= 4 is 5.91 Å². The third kappa shape index (κ3) is 5.10. The van der Waals surface area contributed by atoms with Crippen LogP contribution in [0.4, 0.5) is 8.78 Å². The molecule has 0 bridgehead atoms. The minimum absolute atomic E-state index is 0.142. The maximum Gasteiger partial charge on any atom is 0.272 e. The van der Waals surface area contributed by atoms with Gasteiger partial charge in [0.25, 0.3) is 5.92 Å². The van der Waals surface area contributed by atoms with Gasteiger partial charge in [-0.2, -0.15) is 10.2 Å². The quantitative estimate of drug-likeness (QED) is 0.711. The molecule has 144 valence electrons. The minimum Gasteiger partial charge on any atom is -0.355 e. The van der Waals surface area contributed by atoms with E-state index in [1.54, 1.807) is 4.90 Å². The lowest BCUT2D eigenvalue weighted by atomic mass is 9.91. The molecule has 0 spiro atoms. The molecule has 0 saturated carbocycles. The minimum atomic E-state index is -3.05. The van der Waals surface area contributed by atoms with E-state index < -0.39 is 30.0 Å². The Morgan fingerprint density at radius 2 is 2.04 bits per heavy atom. The molecule has 2 aliphatic rings. The predicted octanol–water partition coefficient (Wildman–Crippen LogP) is 3.23. The number of nitrogens with zero attached hydrogens (tertiary/aromatic N) is 3. The van der Waals surface area contributed by atoms with E-state index in [1.807, 2.05) is 30.3 Å². The highest BCUT2D eigenvalue weighted by Crippen LogP contribution is 2.37. The average molecular weight is 374 g/mol. The van der Waals surface area contributed by atoms with Crippen LogP contribution in [0.3, 0.4) is 0 Å². The summed E-state index contributed by atoms with van der Waals surface area (Å²) in [7, 11) is 0. The fraction of sp³-hybridized carbons (Fsp3) is 0.550. The molecule has 5 nitrogen and oxygen atoms in total. The van der Waals surface area contributed by atoms with E-state index in [0.29, 0.717) is 32.4 Å². The number of carbonyl (C=O) groups is 1. The van der Waals surface area contributed by atoms with Crippen molar-refractivity contribution in [2.75, 3.05) is 19.6 Å². The Bertz CT molecular complexity index is 723. The Balaban J connectivity index is 1.46. The molecule has 0 aliphatic carbocycles. The van der Waals surface area contributed by atoms with Crippen molar-refractivity contribution in [3.8, 4) is 12.3 Å². The number of hydrogen-bond acceptors (Lipinski definition) is 4. The first-order valence-corrected chi connectivity index (χ1v) is 9.23. The van der Waals surface area contributed by atoms with E-state index in [4.69, 9.17) is 6.42 Å². The van der Waals surface area contributed by atoms with Crippen molar-refractivity contribution in [3.05, 3.63) is 35.9 Å². The van der Waals surface area contributed by atoms with Crippen LogP contribution >= 0.6 is 0 Å². The summed E-state index contributed by atoms with van der Waals surface area (Å²) in [6.07, 6.45) is 7.06. The van der Waals surface area contributed by atoms with E-state index in [2.05, 4.69) is 21.5 Å². The van der Waals surface area contributed by atoms with Crippen LogP contribution in [-0.2, 0) is 11.3 Å². The number of terminal acetylenes is 1. The van der Waals surface area contributed by atoms with E-state index in [1.165, 1.54) is 0 Å². The molecule has 1 aromatic rings. The zero-order valence-corrected chi connectivity index (χ0v) is 15.2. The number of piperidine rings is 1. The zero-order valence-electron chi connectivity index (χ0n) is 15.2. The van der Waals surface area contributed by atoms with Crippen molar-refractivity contribution in [1.29, 1.82) is 0 Å². The van der Waals surface area contributed by atoms with Crippen LogP contribution < -0.4 is 5.32 Å². The second-order valence-electron chi connectivity index (χ2n) is 7.23. The van der Waals surface area contributed by atoms with Crippen molar-refractivity contribution in [3.63, 3.8) is 0 Å². The fourth-order valence-corrected chi connectivity index (χ4v) is 3.49. The van der Waals surface area contributed by atoms with Gasteiger partial charge in [-0.25, -0.2) is 8.78 Å². The number of carbonyl (C=O) groups excluding carboxylic acids is 1. The molecule has 1 amide bonds. The molecule has 7 heteroatoms. The SMILES string of the molecule is C#CCCC1(CCNC(=O)C2CCN(Cc3ccccc3)CC2(F)F)N=N1. The van der Waals surface area contributed by atoms with E-state index >= 15 is 0 Å². The van der Waals surface area contributed by atoms with Crippen LogP contribution in [0.15, 0.2) is 40.6 Å². The summed E-state index contributed by atoms with van der Waals surface area (Å²) in [6, 6.07) is 9.51. The van der Waals surface area contributed by atoms with Crippen LogP contribution in [-0.4, -0.2) is 42.0 Å². The van der Waals surface area contributed by atoms with Gasteiger partial charge in [-0.05, 0) is 18.5 Å². The average Bonchev–Trinajstić information content (AvgIpc) is 3.40. The molecule has 1 N–H and O–H groups in total. The monoisotopic (exact) mass is 374 g/mol. The first-order chi connectivity index (χ1) is 12.9. The largest absolute Gasteiger partial charge is 0.355 e. The van der Waals surface area contributed by atoms with Crippen LogP contribution in [0.25, 0.3) is 0 Å². The van der Waals surface area contributed by atoms with Gasteiger partial charge in [0.1, 0.15) is 5.92 Å². The second kappa shape index (κ2) is 8.13. The first-order valence-electron chi connectivity index (χ1n) is 9.23. The summed E-state index contributed by atoms with van der Waals surface area (Å²) >= 11 is 0. The summed E-state index contributed by atoms with van der Waals surface area (Å²) in [5.41, 5.74) is 0.478. The Morgan fingerprint density at radius 3 is 2.67 bits per heavy atom.